The molecule has 20 heavy (non-hydrogen) atoms. The van der Waals surface area contributed by atoms with Crippen LogP contribution in [-0.4, -0.2) is 31.9 Å². The maximum absolute atomic E-state index is 12.4. The van der Waals surface area contributed by atoms with Crippen molar-refractivity contribution in [2.45, 2.75) is 6.92 Å². The van der Waals surface area contributed by atoms with Crippen molar-refractivity contribution in [3.05, 3.63) is 46.3 Å². The molecule has 2 aromatic rings. The summed E-state index contributed by atoms with van der Waals surface area (Å²) in [6.45, 7) is 1.67. The number of aryl methyl sites for hydroxylation is 1. The van der Waals surface area contributed by atoms with E-state index in [2.05, 4.69) is 4.98 Å². The minimum Gasteiger partial charge on any atom is -0.507 e. The Bertz CT molecular complexity index is 793. The fourth-order valence-corrected chi connectivity index (χ4v) is 2.29. The van der Waals surface area contributed by atoms with Gasteiger partial charge in [0.15, 0.2) is 23.1 Å². The van der Waals surface area contributed by atoms with Gasteiger partial charge in [0.25, 0.3) is 0 Å². The smallest absolute Gasteiger partial charge is 0.200 e. The van der Waals surface area contributed by atoms with Gasteiger partial charge in [-0.2, -0.15) is 0 Å². The van der Waals surface area contributed by atoms with Crippen LogP contribution in [-0.2, 0) is 0 Å². The molecule has 0 unspecified atom stereocenters. The average molecular weight is 271 g/mol. The standard InChI is InChI=1S/C14H9NO5/c1-5-2-6-7(4-15-5)13(19)11-10(12(6)18)8(16)3-9(17)14(11)20/h2-4,16-17,20H,1H3. The van der Waals surface area contributed by atoms with E-state index in [0.717, 1.165) is 6.07 Å². The number of pyridine rings is 1. The van der Waals surface area contributed by atoms with E-state index < -0.39 is 34.4 Å². The summed E-state index contributed by atoms with van der Waals surface area (Å²) >= 11 is 0. The molecule has 3 N–H and O–H groups in total. The molecule has 0 fully saturated rings. The number of hydrogen-bond donors (Lipinski definition) is 3. The molecule has 6 heteroatoms. The van der Waals surface area contributed by atoms with Gasteiger partial charge in [-0.1, -0.05) is 0 Å². The predicted molar refractivity (Wildman–Crippen MR) is 67.3 cm³/mol. The molecule has 0 radical (unpaired) electrons. The summed E-state index contributed by atoms with van der Waals surface area (Å²) < 4.78 is 0. The Morgan fingerprint density at radius 1 is 0.900 bits per heavy atom. The van der Waals surface area contributed by atoms with E-state index in [1.54, 1.807) is 6.92 Å². The average Bonchev–Trinajstić information content (AvgIpc) is 2.40. The lowest BCUT2D eigenvalue weighted by molar-refractivity contribution is 0.0973. The number of carbonyl (C=O) groups is 2. The first-order chi connectivity index (χ1) is 9.41. The van der Waals surface area contributed by atoms with Gasteiger partial charge in [0.05, 0.1) is 16.7 Å². The Hall–Kier alpha value is -2.89. The van der Waals surface area contributed by atoms with E-state index in [4.69, 9.17) is 0 Å². The zero-order chi connectivity index (χ0) is 14.6. The number of phenolic OH excluding ortho intramolecular Hbond substituents is 3. The second kappa shape index (κ2) is 3.80. The molecule has 0 amide bonds. The second-order valence-electron chi connectivity index (χ2n) is 4.54. The number of ketones is 2. The van der Waals surface area contributed by atoms with Crippen molar-refractivity contribution in [1.29, 1.82) is 0 Å². The van der Waals surface area contributed by atoms with Crippen molar-refractivity contribution >= 4 is 11.6 Å². The molecular formula is C14H9NO5. The highest BCUT2D eigenvalue weighted by Gasteiger charge is 2.36. The van der Waals surface area contributed by atoms with Gasteiger partial charge < -0.3 is 15.3 Å². The van der Waals surface area contributed by atoms with Crippen molar-refractivity contribution in [3.63, 3.8) is 0 Å². The highest BCUT2D eigenvalue weighted by atomic mass is 16.3. The van der Waals surface area contributed by atoms with Crippen LogP contribution in [0.15, 0.2) is 18.3 Å². The number of hydrogen-bond acceptors (Lipinski definition) is 6. The molecule has 1 aliphatic carbocycles. The SMILES string of the molecule is Cc1cc2c(cn1)C(=O)c1c(O)c(O)cc(O)c1C2=O. The quantitative estimate of drug-likeness (QED) is 0.420. The zero-order valence-electron chi connectivity index (χ0n) is 10.3. The molecule has 0 saturated heterocycles. The predicted octanol–water partition coefficient (Wildman–Crippen LogP) is 1.28. The number of rotatable bonds is 0. The van der Waals surface area contributed by atoms with E-state index in [1.165, 1.54) is 12.3 Å². The molecular weight excluding hydrogens is 262 g/mol. The summed E-state index contributed by atoms with van der Waals surface area (Å²) in [7, 11) is 0. The zero-order valence-corrected chi connectivity index (χ0v) is 10.3. The molecule has 0 bridgehead atoms. The lowest BCUT2D eigenvalue weighted by atomic mass is 9.83. The van der Waals surface area contributed by atoms with Crippen molar-refractivity contribution in [1.82, 2.24) is 4.98 Å². The van der Waals surface area contributed by atoms with Gasteiger partial charge in [-0.3, -0.25) is 14.6 Å². The number of aromatic hydroxyl groups is 3. The minimum absolute atomic E-state index is 0.0356. The molecule has 1 aliphatic rings. The normalized spacial score (nSPS) is 13.1. The molecule has 0 aliphatic heterocycles. The van der Waals surface area contributed by atoms with Gasteiger partial charge in [0, 0.05) is 23.5 Å². The van der Waals surface area contributed by atoms with E-state index in [-0.39, 0.29) is 16.7 Å². The molecule has 1 aromatic heterocycles. The first kappa shape index (κ1) is 12.2. The number of fused-ring (bicyclic) bond motifs is 2. The van der Waals surface area contributed by atoms with Crippen LogP contribution < -0.4 is 0 Å². The van der Waals surface area contributed by atoms with Gasteiger partial charge in [0.1, 0.15) is 5.75 Å². The van der Waals surface area contributed by atoms with Crippen molar-refractivity contribution in [2.24, 2.45) is 0 Å². The second-order valence-corrected chi connectivity index (χ2v) is 4.54. The maximum Gasteiger partial charge on any atom is 0.200 e. The van der Waals surface area contributed by atoms with Crippen LogP contribution in [0.4, 0.5) is 0 Å². The third kappa shape index (κ3) is 1.41. The number of phenols is 3. The van der Waals surface area contributed by atoms with E-state index in [1.807, 2.05) is 0 Å². The first-order valence-corrected chi connectivity index (χ1v) is 5.75. The molecule has 0 atom stereocenters. The van der Waals surface area contributed by atoms with Crippen LogP contribution in [0.2, 0.25) is 0 Å². The molecule has 6 nitrogen and oxygen atoms in total. The summed E-state index contributed by atoms with van der Waals surface area (Å²) in [5.74, 6) is -3.18. The van der Waals surface area contributed by atoms with E-state index >= 15 is 0 Å². The molecule has 0 spiro atoms. The maximum atomic E-state index is 12.4. The number of carbonyl (C=O) groups excluding carboxylic acids is 2. The third-order valence-corrected chi connectivity index (χ3v) is 3.24. The van der Waals surface area contributed by atoms with Gasteiger partial charge in [-0.25, -0.2) is 0 Å². The molecule has 1 heterocycles. The van der Waals surface area contributed by atoms with Gasteiger partial charge >= 0.3 is 0 Å². The van der Waals surface area contributed by atoms with E-state index in [9.17, 15) is 24.9 Å². The van der Waals surface area contributed by atoms with Gasteiger partial charge in [-0.15, -0.1) is 0 Å². The van der Waals surface area contributed by atoms with E-state index in [0.29, 0.717) is 5.69 Å². The summed E-state index contributed by atoms with van der Waals surface area (Å²) in [5.41, 5.74) is 0.00804. The van der Waals surface area contributed by atoms with Crippen molar-refractivity contribution in [3.8, 4) is 17.2 Å². The Balaban J connectivity index is 2.41. The Labute approximate surface area is 113 Å². The summed E-state index contributed by atoms with van der Waals surface area (Å²) in [5, 5.41) is 29.0. The van der Waals surface area contributed by atoms with Gasteiger partial charge in [0.2, 0.25) is 0 Å². The van der Waals surface area contributed by atoms with Crippen LogP contribution in [0.25, 0.3) is 0 Å². The number of aromatic nitrogens is 1. The summed E-state index contributed by atoms with van der Waals surface area (Å²) in [6.07, 6.45) is 1.24. The van der Waals surface area contributed by atoms with Gasteiger partial charge in [-0.05, 0) is 13.0 Å². The lowest BCUT2D eigenvalue weighted by Crippen LogP contribution is -2.21. The number of benzene rings is 1. The van der Waals surface area contributed by atoms with Crippen LogP contribution in [0.3, 0.4) is 0 Å². The van der Waals surface area contributed by atoms with Crippen LogP contribution in [0, 0.1) is 6.92 Å². The van der Waals surface area contributed by atoms with Crippen LogP contribution in [0.5, 0.6) is 17.2 Å². The third-order valence-electron chi connectivity index (χ3n) is 3.24. The Morgan fingerprint density at radius 2 is 1.55 bits per heavy atom. The van der Waals surface area contributed by atoms with Crippen LogP contribution >= 0.6 is 0 Å². The Kier molecular flexibility index (Phi) is 2.31. The fourth-order valence-electron chi connectivity index (χ4n) is 2.29. The first-order valence-electron chi connectivity index (χ1n) is 5.75. The lowest BCUT2D eigenvalue weighted by Gasteiger charge is -2.19. The summed E-state index contributed by atoms with van der Waals surface area (Å²) in [4.78, 5) is 28.6. The molecule has 1 aromatic carbocycles. The molecule has 3 rings (SSSR count). The summed E-state index contributed by atoms with van der Waals surface area (Å²) in [6, 6.07) is 2.28. The molecule has 100 valence electrons. The molecule has 0 saturated carbocycles. The highest BCUT2D eigenvalue weighted by Crippen LogP contribution is 2.42. The van der Waals surface area contributed by atoms with Crippen LogP contribution in [0.1, 0.15) is 37.5 Å². The number of nitrogens with zero attached hydrogens (tertiary/aromatic N) is 1. The largest absolute Gasteiger partial charge is 0.507 e. The van der Waals surface area contributed by atoms with Crippen molar-refractivity contribution in [2.75, 3.05) is 0 Å². The minimum atomic E-state index is -0.720. The fraction of sp³-hybridized carbons (Fsp3) is 0.0714. The monoisotopic (exact) mass is 271 g/mol. The highest BCUT2D eigenvalue weighted by molar-refractivity contribution is 6.30. The topological polar surface area (TPSA) is 108 Å². The Morgan fingerprint density at radius 3 is 2.25 bits per heavy atom. The van der Waals surface area contributed by atoms with Crippen molar-refractivity contribution < 1.29 is 24.9 Å².